The molecular weight excluding hydrogens is 242 g/mol. The van der Waals surface area contributed by atoms with Crippen LogP contribution >= 0.6 is 0 Å². The average molecular weight is 259 g/mol. The van der Waals surface area contributed by atoms with Gasteiger partial charge in [0, 0.05) is 11.1 Å². The van der Waals surface area contributed by atoms with Gasteiger partial charge in [-0.25, -0.2) is 9.97 Å². The molecule has 1 heterocycles. The van der Waals surface area contributed by atoms with Crippen LogP contribution in [-0.2, 0) is 6.61 Å². The molecule has 0 amide bonds. The van der Waals surface area contributed by atoms with Crippen LogP contribution in [-0.4, -0.2) is 20.2 Å². The van der Waals surface area contributed by atoms with Crippen LogP contribution in [0.5, 0.6) is 0 Å². The second kappa shape index (κ2) is 5.34. The van der Waals surface area contributed by atoms with E-state index in [1.165, 1.54) is 0 Å². The number of aliphatic hydroxyl groups excluding tert-OH is 2. The third-order valence-electron chi connectivity index (χ3n) is 2.93. The standard InChI is InChI=1S/C14H17N3O2/c1-8-3-5-10(6-4-8)14-16-11(7-18)12(9(2)19)13(15)17-14/h3-6,9,18-19H,7H2,1-2H3,(H2,15,16,17). The molecule has 0 aliphatic carbocycles. The van der Waals surface area contributed by atoms with Gasteiger partial charge >= 0.3 is 0 Å². The number of aliphatic hydroxyl groups is 2. The minimum absolute atomic E-state index is 0.199. The smallest absolute Gasteiger partial charge is 0.161 e. The van der Waals surface area contributed by atoms with Crippen LogP contribution in [0.3, 0.4) is 0 Å². The molecule has 0 bridgehead atoms. The SMILES string of the molecule is Cc1ccc(-c2nc(N)c(C(C)O)c(CO)n2)cc1. The average Bonchev–Trinajstić information content (AvgIpc) is 2.38. The monoisotopic (exact) mass is 259 g/mol. The predicted octanol–water partition coefficient (Wildman–Crippen LogP) is 1.58. The fraction of sp³-hybridized carbons (Fsp3) is 0.286. The number of nitrogens with two attached hydrogens (primary N) is 1. The number of hydrogen-bond acceptors (Lipinski definition) is 5. The molecule has 5 heteroatoms. The summed E-state index contributed by atoms with van der Waals surface area (Å²) < 4.78 is 0. The topological polar surface area (TPSA) is 92.3 Å². The summed E-state index contributed by atoms with van der Waals surface area (Å²) in [5.41, 5.74) is 8.55. The van der Waals surface area contributed by atoms with Crippen molar-refractivity contribution in [3.63, 3.8) is 0 Å². The first-order valence-electron chi connectivity index (χ1n) is 6.05. The van der Waals surface area contributed by atoms with E-state index in [0.29, 0.717) is 17.1 Å². The van der Waals surface area contributed by atoms with E-state index < -0.39 is 6.10 Å². The van der Waals surface area contributed by atoms with Gasteiger partial charge in [-0.3, -0.25) is 0 Å². The van der Waals surface area contributed by atoms with Crippen LogP contribution in [0.4, 0.5) is 5.82 Å². The second-order valence-corrected chi connectivity index (χ2v) is 4.49. The number of aryl methyl sites for hydroxylation is 1. The lowest BCUT2D eigenvalue weighted by Crippen LogP contribution is -2.10. The Morgan fingerprint density at radius 3 is 2.37 bits per heavy atom. The normalized spacial score (nSPS) is 12.4. The van der Waals surface area contributed by atoms with E-state index in [1.54, 1.807) is 6.92 Å². The molecule has 0 saturated heterocycles. The van der Waals surface area contributed by atoms with E-state index in [0.717, 1.165) is 11.1 Å². The van der Waals surface area contributed by atoms with Gasteiger partial charge in [-0.1, -0.05) is 29.8 Å². The van der Waals surface area contributed by atoms with Crippen molar-refractivity contribution in [1.82, 2.24) is 9.97 Å². The van der Waals surface area contributed by atoms with Gasteiger partial charge in [0.1, 0.15) is 5.82 Å². The first-order valence-corrected chi connectivity index (χ1v) is 6.05. The van der Waals surface area contributed by atoms with Crippen LogP contribution in [0, 0.1) is 6.92 Å². The van der Waals surface area contributed by atoms with Crippen molar-refractivity contribution in [2.75, 3.05) is 5.73 Å². The zero-order valence-corrected chi connectivity index (χ0v) is 11.0. The van der Waals surface area contributed by atoms with Gasteiger partial charge in [-0.2, -0.15) is 0 Å². The van der Waals surface area contributed by atoms with Crippen LogP contribution in [0.25, 0.3) is 11.4 Å². The summed E-state index contributed by atoms with van der Waals surface area (Å²) in [4.78, 5) is 8.47. The summed E-state index contributed by atoms with van der Waals surface area (Å²) in [5, 5.41) is 19.0. The minimum Gasteiger partial charge on any atom is -0.390 e. The van der Waals surface area contributed by atoms with Crippen LogP contribution in [0.2, 0.25) is 0 Å². The molecule has 5 nitrogen and oxygen atoms in total. The Hall–Kier alpha value is -1.98. The third-order valence-corrected chi connectivity index (χ3v) is 2.93. The molecule has 0 aliphatic rings. The lowest BCUT2D eigenvalue weighted by Gasteiger charge is -2.13. The number of nitrogens with zero attached hydrogens (tertiary/aromatic N) is 2. The second-order valence-electron chi connectivity index (χ2n) is 4.49. The van der Waals surface area contributed by atoms with Crippen LogP contribution < -0.4 is 5.73 Å². The van der Waals surface area contributed by atoms with Gasteiger partial charge in [0.15, 0.2) is 5.82 Å². The largest absolute Gasteiger partial charge is 0.390 e. The number of aromatic nitrogens is 2. The Kier molecular flexibility index (Phi) is 3.78. The molecule has 100 valence electrons. The summed E-state index contributed by atoms with van der Waals surface area (Å²) in [6.45, 7) is 3.28. The van der Waals surface area contributed by atoms with Crippen molar-refractivity contribution in [2.24, 2.45) is 0 Å². The maximum Gasteiger partial charge on any atom is 0.161 e. The third kappa shape index (κ3) is 2.72. The summed E-state index contributed by atoms with van der Waals surface area (Å²) in [5.74, 6) is 0.649. The summed E-state index contributed by atoms with van der Waals surface area (Å²) >= 11 is 0. The molecule has 1 unspecified atom stereocenters. The first kappa shape index (κ1) is 13.5. The first-order chi connectivity index (χ1) is 9.02. The Labute approximate surface area is 111 Å². The molecule has 4 N–H and O–H groups in total. The summed E-state index contributed by atoms with van der Waals surface area (Å²) in [6.07, 6.45) is -0.811. The highest BCUT2D eigenvalue weighted by molar-refractivity contribution is 5.59. The molecule has 2 aromatic rings. The number of nitrogen functional groups attached to an aromatic ring is 1. The highest BCUT2D eigenvalue weighted by Gasteiger charge is 2.16. The highest BCUT2D eigenvalue weighted by atomic mass is 16.3. The van der Waals surface area contributed by atoms with Crippen molar-refractivity contribution in [2.45, 2.75) is 26.6 Å². The summed E-state index contributed by atoms with van der Waals surface area (Å²) in [7, 11) is 0. The number of anilines is 1. The Morgan fingerprint density at radius 1 is 1.21 bits per heavy atom. The molecule has 2 rings (SSSR count). The Bertz CT molecular complexity index is 580. The quantitative estimate of drug-likeness (QED) is 0.778. The van der Waals surface area contributed by atoms with E-state index in [1.807, 2.05) is 31.2 Å². The van der Waals surface area contributed by atoms with Gasteiger partial charge in [0.25, 0.3) is 0 Å². The Morgan fingerprint density at radius 2 is 1.84 bits per heavy atom. The maximum absolute atomic E-state index is 9.64. The van der Waals surface area contributed by atoms with Crippen molar-refractivity contribution >= 4 is 5.82 Å². The van der Waals surface area contributed by atoms with Crippen molar-refractivity contribution in [3.05, 3.63) is 41.1 Å². The van der Waals surface area contributed by atoms with E-state index >= 15 is 0 Å². The van der Waals surface area contributed by atoms with E-state index in [4.69, 9.17) is 5.73 Å². The lowest BCUT2D eigenvalue weighted by molar-refractivity contribution is 0.192. The molecule has 1 aromatic carbocycles. The molecule has 1 aromatic heterocycles. The van der Waals surface area contributed by atoms with Gasteiger partial charge in [0.05, 0.1) is 18.4 Å². The van der Waals surface area contributed by atoms with Crippen molar-refractivity contribution in [1.29, 1.82) is 0 Å². The van der Waals surface area contributed by atoms with Gasteiger partial charge in [-0.15, -0.1) is 0 Å². The molecule has 0 radical (unpaired) electrons. The van der Waals surface area contributed by atoms with E-state index in [2.05, 4.69) is 9.97 Å². The van der Waals surface area contributed by atoms with Crippen molar-refractivity contribution < 1.29 is 10.2 Å². The fourth-order valence-corrected chi connectivity index (χ4v) is 1.94. The fourth-order valence-electron chi connectivity index (χ4n) is 1.94. The van der Waals surface area contributed by atoms with E-state index in [-0.39, 0.29) is 12.4 Å². The molecule has 0 fully saturated rings. The van der Waals surface area contributed by atoms with Crippen LogP contribution in [0.15, 0.2) is 24.3 Å². The zero-order chi connectivity index (χ0) is 14.0. The van der Waals surface area contributed by atoms with Gasteiger partial charge < -0.3 is 15.9 Å². The maximum atomic E-state index is 9.64. The Balaban J connectivity index is 2.54. The minimum atomic E-state index is -0.811. The number of benzene rings is 1. The van der Waals surface area contributed by atoms with Crippen molar-refractivity contribution in [3.8, 4) is 11.4 Å². The summed E-state index contributed by atoms with van der Waals surface area (Å²) in [6, 6.07) is 7.70. The van der Waals surface area contributed by atoms with E-state index in [9.17, 15) is 10.2 Å². The molecule has 0 saturated carbocycles. The van der Waals surface area contributed by atoms with Gasteiger partial charge in [0.2, 0.25) is 0 Å². The predicted molar refractivity (Wildman–Crippen MR) is 73.2 cm³/mol. The molecule has 19 heavy (non-hydrogen) atoms. The highest BCUT2D eigenvalue weighted by Crippen LogP contribution is 2.25. The van der Waals surface area contributed by atoms with Crippen LogP contribution in [0.1, 0.15) is 29.8 Å². The number of rotatable bonds is 3. The molecule has 1 atom stereocenters. The number of hydrogen-bond donors (Lipinski definition) is 3. The molecular formula is C14H17N3O2. The molecule has 0 aliphatic heterocycles. The van der Waals surface area contributed by atoms with Gasteiger partial charge in [-0.05, 0) is 13.8 Å². The molecule has 0 spiro atoms. The zero-order valence-electron chi connectivity index (χ0n) is 11.0. The lowest BCUT2D eigenvalue weighted by atomic mass is 10.1.